The quantitative estimate of drug-likeness (QED) is 0.280. The molecule has 4 rings (SSSR count). The number of ether oxygens (including phenoxy) is 2. The van der Waals surface area contributed by atoms with E-state index in [4.69, 9.17) is 33.9 Å². The van der Waals surface area contributed by atoms with E-state index in [1.165, 1.54) is 0 Å². The summed E-state index contributed by atoms with van der Waals surface area (Å²) in [6.45, 7) is 0. The molecule has 152 valence electrons. The lowest BCUT2D eigenvalue weighted by molar-refractivity contribution is 0.566. The standard InChI is InChI=1S/C26H18O2S3/c29-25(19-7-3-1-4-8-19)27-21-11-15-23(16-12-21)31-24-17-13-22(14-18-24)28-26(30)20-9-5-2-6-10-20/h1-18H. The van der Waals surface area contributed by atoms with Gasteiger partial charge in [0, 0.05) is 20.9 Å². The minimum atomic E-state index is 0.463. The highest BCUT2D eigenvalue weighted by Crippen LogP contribution is 2.30. The smallest absolute Gasteiger partial charge is 0.198 e. The first kappa shape index (κ1) is 21.2. The van der Waals surface area contributed by atoms with Gasteiger partial charge in [-0.3, -0.25) is 0 Å². The van der Waals surface area contributed by atoms with Gasteiger partial charge in [0.2, 0.25) is 0 Å². The van der Waals surface area contributed by atoms with Crippen LogP contribution in [0.5, 0.6) is 11.5 Å². The van der Waals surface area contributed by atoms with Crippen molar-refractivity contribution in [3.63, 3.8) is 0 Å². The Bertz CT molecular complexity index is 1060. The van der Waals surface area contributed by atoms with E-state index in [0.29, 0.717) is 10.1 Å². The molecule has 31 heavy (non-hydrogen) atoms. The molecule has 4 aromatic rings. The van der Waals surface area contributed by atoms with Crippen molar-refractivity contribution < 1.29 is 9.47 Å². The van der Waals surface area contributed by atoms with E-state index in [1.807, 2.05) is 109 Å². The molecule has 0 saturated heterocycles. The van der Waals surface area contributed by atoms with Gasteiger partial charge in [0.1, 0.15) is 11.5 Å². The van der Waals surface area contributed by atoms with Crippen molar-refractivity contribution in [3.8, 4) is 11.5 Å². The molecular weight excluding hydrogens is 440 g/mol. The van der Waals surface area contributed by atoms with Crippen LogP contribution in [0, 0.1) is 0 Å². The van der Waals surface area contributed by atoms with Crippen molar-refractivity contribution in [2.75, 3.05) is 0 Å². The molecule has 0 saturated carbocycles. The van der Waals surface area contributed by atoms with E-state index in [9.17, 15) is 0 Å². The molecule has 0 bridgehead atoms. The highest BCUT2D eigenvalue weighted by molar-refractivity contribution is 7.99. The molecule has 0 aliphatic carbocycles. The first-order valence-electron chi connectivity index (χ1n) is 9.60. The predicted octanol–water partition coefficient (Wildman–Crippen LogP) is 7.35. The molecule has 0 atom stereocenters. The van der Waals surface area contributed by atoms with Crippen molar-refractivity contribution >= 4 is 46.3 Å². The maximum absolute atomic E-state index is 5.79. The topological polar surface area (TPSA) is 18.5 Å². The van der Waals surface area contributed by atoms with E-state index < -0.39 is 0 Å². The molecule has 0 N–H and O–H groups in total. The Morgan fingerprint density at radius 2 is 0.839 bits per heavy atom. The van der Waals surface area contributed by atoms with Crippen LogP contribution in [0.1, 0.15) is 11.1 Å². The minimum Gasteiger partial charge on any atom is -0.445 e. The summed E-state index contributed by atoms with van der Waals surface area (Å²) >= 11 is 12.4. The van der Waals surface area contributed by atoms with Crippen LogP contribution in [-0.2, 0) is 0 Å². The van der Waals surface area contributed by atoms with Crippen molar-refractivity contribution in [1.29, 1.82) is 0 Å². The summed E-state index contributed by atoms with van der Waals surface area (Å²) in [6.07, 6.45) is 0. The molecule has 0 heterocycles. The molecule has 0 aliphatic rings. The molecule has 0 radical (unpaired) electrons. The van der Waals surface area contributed by atoms with Gasteiger partial charge < -0.3 is 9.47 Å². The summed E-state index contributed by atoms with van der Waals surface area (Å²) in [6, 6.07) is 35.2. The van der Waals surface area contributed by atoms with Crippen LogP contribution in [0.4, 0.5) is 0 Å². The summed E-state index contributed by atoms with van der Waals surface area (Å²) < 4.78 is 11.6. The second kappa shape index (κ2) is 10.4. The van der Waals surface area contributed by atoms with Gasteiger partial charge in [0.05, 0.1) is 0 Å². The second-order valence-electron chi connectivity index (χ2n) is 6.56. The largest absolute Gasteiger partial charge is 0.445 e. The molecule has 2 nitrogen and oxygen atoms in total. The minimum absolute atomic E-state index is 0.463. The van der Waals surface area contributed by atoms with E-state index in [0.717, 1.165) is 32.4 Å². The first-order chi connectivity index (χ1) is 15.2. The Morgan fingerprint density at radius 3 is 1.19 bits per heavy atom. The number of hydrogen-bond donors (Lipinski definition) is 0. The molecule has 5 heteroatoms. The number of thiocarbonyl (C=S) groups is 2. The maximum Gasteiger partial charge on any atom is 0.198 e. The number of benzene rings is 4. The number of hydrogen-bond acceptors (Lipinski definition) is 5. The van der Waals surface area contributed by atoms with Crippen LogP contribution in [-0.4, -0.2) is 10.1 Å². The van der Waals surface area contributed by atoms with Gasteiger partial charge in [-0.2, -0.15) is 0 Å². The van der Waals surface area contributed by atoms with Gasteiger partial charge in [-0.15, -0.1) is 0 Å². The van der Waals surface area contributed by atoms with Crippen LogP contribution < -0.4 is 9.47 Å². The second-order valence-corrected chi connectivity index (χ2v) is 8.44. The fourth-order valence-electron chi connectivity index (χ4n) is 2.77. The van der Waals surface area contributed by atoms with Crippen LogP contribution in [0.15, 0.2) is 119 Å². The third-order valence-corrected chi connectivity index (χ3v) is 5.98. The van der Waals surface area contributed by atoms with E-state index in [-0.39, 0.29) is 0 Å². The molecule has 0 aliphatic heterocycles. The molecule has 0 unspecified atom stereocenters. The summed E-state index contributed by atoms with van der Waals surface area (Å²) in [5.74, 6) is 1.44. The van der Waals surface area contributed by atoms with Crippen molar-refractivity contribution in [1.82, 2.24) is 0 Å². The lowest BCUT2D eigenvalue weighted by Crippen LogP contribution is -2.06. The highest BCUT2D eigenvalue weighted by Gasteiger charge is 2.06. The van der Waals surface area contributed by atoms with Gasteiger partial charge in [0.15, 0.2) is 10.1 Å². The average Bonchev–Trinajstić information content (AvgIpc) is 2.82. The Hall–Kier alpha value is -2.99. The third-order valence-electron chi connectivity index (χ3n) is 4.32. The Balaban J connectivity index is 1.34. The lowest BCUT2D eigenvalue weighted by Gasteiger charge is -2.09. The zero-order valence-electron chi connectivity index (χ0n) is 16.4. The van der Waals surface area contributed by atoms with Crippen LogP contribution >= 0.6 is 36.2 Å². The molecule has 0 aromatic heterocycles. The van der Waals surface area contributed by atoms with Gasteiger partial charge in [-0.25, -0.2) is 0 Å². The fraction of sp³-hybridized carbons (Fsp3) is 0. The van der Waals surface area contributed by atoms with Crippen LogP contribution in [0.25, 0.3) is 0 Å². The molecule has 0 amide bonds. The Kier molecular flexibility index (Phi) is 7.10. The van der Waals surface area contributed by atoms with Gasteiger partial charge in [-0.1, -0.05) is 72.4 Å². The van der Waals surface area contributed by atoms with Gasteiger partial charge in [-0.05, 0) is 73.0 Å². The van der Waals surface area contributed by atoms with Crippen molar-refractivity contribution in [3.05, 3.63) is 120 Å². The zero-order chi connectivity index (χ0) is 21.5. The van der Waals surface area contributed by atoms with Crippen molar-refractivity contribution in [2.45, 2.75) is 9.79 Å². The normalized spacial score (nSPS) is 10.3. The predicted molar refractivity (Wildman–Crippen MR) is 135 cm³/mol. The zero-order valence-corrected chi connectivity index (χ0v) is 18.9. The molecular formula is C26H18O2S3. The highest BCUT2D eigenvalue weighted by atomic mass is 32.2. The van der Waals surface area contributed by atoms with E-state index in [2.05, 4.69) is 0 Å². The van der Waals surface area contributed by atoms with Crippen molar-refractivity contribution in [2.24, 2.45) is 0 Å². The van der Waals surface area contributed by atoms with Gasteiger partial charge >= 0.3 is 0 Å². The summed E-state index contributed by atoms with van der Waals surface area (Å²) in [5.41, 5.74) is 1.79. The van der Waals surface area contributed by atoms with Crippen LogP contribution in [0.2, 0.25) is 0 Å². The Labute approximate surface area is 196 Å². The summed E-state index contributed by atoms with van der Waals surface area (Å²) in [5, 5.41) is 0.926. The van der Waals surface area contributed by atoms with E-state index >= 15 is 0 Å². The molecule has 4 aromatic carbocycles. The summed E-state index contributed by atoms with van der Waals surface area (Å²) in [4.78, 5) is 2.21. The average molecular weight is 459 g/mol. The monoisotopic (exact) mass is 458 g/mol. The fourth-order valence-corrected chi connectivity index (χ4v) is 4.05. The molecule has 0 fully saturated rings. The van der Waals surface area contributed by atoms with Gasteiger partial charge in [0.25, 0.3) is 0 Å². The SMILES string of the molecule is S=C(Oc1ccc(Sc2ccc(OC(=S)c3ccccc3)cc2)cc1)c1ccccc1. The van der Waals surface area contributed by atoms with E-state index in [1.54, 1.807) is 11.8 Å². The lowest BCUT2D eigenvalue weighted by atomic mass is 10.2. The Morgan fingerprint density at radius 1 is 0.484 bits per heavy atom. The third kappa shape index (κ3) is 6.01. The van der Waals surface area contributed by atoms with Crippen LogP contribution in [0.3, 0.4) is 0 Å². The first-order valence-corrected chi connectivity index (χ1v) is 11.2. The maximum atomic E-state index is 5.79. The number of rotatable bonds is 6. The summed E-state index contributed by atoms with van der Waals surface area (Å²) in [7, 11) is 0. The molecule has 0 spiro atoms.